The van der Waals surface area contributed by atoms with Crippen molar-refractivity contribution in [2.75, 3.05) is 18.5 Å². The van der Waals surface area contributed by atoms with E-state index >= 15 is 0 Å². The Kier molecular flexibility index (Phi) is 3.97. The molecule has 0 aromatic carbocycles. The Labute approximate surface area is 97.3 Å². The van der Waals surface area contributed by atoms with Crippen LogP contribution in [0.25, 0.3) is 0 Å². The van der Waals surface area contributed by atoms with Gasteiger partial charge in [-0.15, -0.1) is 11.6 Å². The third-order valence-corrected chi connectivity index (χ3v) is 2.38. The molecule has 15 heavy (non-hydrogen) atoms. The van der Waals surface area contributed by atoms with Crippen molar-refractivity contribution >= 4 is 17.4 Å². The van der Waals surface area contributed by atoms with Gasteiger partial charge in [-0.05, 0) is 23.1 Å². The summed E-state index contributed by atoms with van der Waals surface area (Å²) in [5, 5.41) is 0. The molecule has 1 aromatic rings. The van der Waals surface area contributed by atoms with Crippen molar-refractivity contribution < 1.29 is 0 Å². The van der Waals surface area contributed by atoms with Crippen LogP contribution in [0.5, 0.6) is 0 Å². The maximum atomic E-state index is 5.79. The molecule has 0 saturated carbocycles. The van der Waals surface area contributed by atoms with Crippen LogP contribution in [0, 0.1) is 5.41 Å². The standard InChI is InChI=1S/C12H19ClN2/c1-12(2,3)9-15(4)11-7-10(8-13)5-6-14-11/h5-7H,8-9H2,1-4H3. The first-order chi connectivity index (χ1) is 6.92. The number of halogens is 1. The number of pyridine rings is 1. The van der Waals surface area contributed by atoms with Crippen molar-refractivity contribution in [2.45, 2.75) is 26.7 Å². The quantitative estimate of drug-likeness (QED) is 0.736. The molecular weight excluding hydrogens is 208 g/mol. The summed E-state index contributed by atoms with van der Waals surface area (Å²) in [7, 11) is 2.06. The Balaban J connectivity index is 2.77. The van der Waals surface area contributed by atoms with Crippen LogP contribution < -0.4 is 4.90 Å². The third kappa shape index (κ3) is 4.08. The summed E-state index contributed by atoms with van der Waals surface area (Å²) < 4.78 is 0. The van der Waals surface area contributed by atoms with Crippen LogP contribution >= 0.6 is 11.6 Å². The van der Waals surface area contributed by atoms with Gasteiger partial charge < -0.3 is 4.90 Å². The molecule has 0 aliphatic heterocycles. The summed E-state index contributed by atoms with van der Waals surface area (Å²) in [5.74, 6) is 1.53. The zero-order valence-electron chi connectivity index (χ0n) is 9.92. The number of alkyl halides is 1. The molecule has 0 atom stereocenters. The van der Waals surface area contributed by atoms with E-state index < -0.39 is 0 Å². The maximum Gasteiger partial charge on any atom is 0.128 e. The van der Waals surface area contributed by atoms with Crippen molar-refractivity contribution in [3.8, 4) is 0 Å². The molecule has 0 aliphatic carbocycles. The monoisotopic (exact) mass is 226 g/mol. The molecule has 0 bridgehead atoms. The van der Waals surface area contributed by atoms with E-state index in [2.05, 4.69) is 37.7 Å². The lowest BCUT2D eigenvalue weighted by molar-refractivity contribution is 0.418. The van der Waals surface area contributed by atoms with Crippen molar-refractivity contribution in [3.05, 3.63) is 23.9 Å². The van der Waals surface area contributed by atoms with Crippen LogP contribution in [0.2, 0.25) is 0 Å². The van der Waals surface area contributed by atoms with Gasteiger partial charge in [0, 0.05) is 25.7 Å². The van der Waals surface area contributed by atoms with E-state index in [4.69, 9.17) is 11.6 Å². The topological polar surface area (TPSA) is 16.1 Å². The number of hydrogen-bond acceptors (Lipinski definition) is 2. The fraction of sp³-hybridized carbons (Fsp3) is 0.583. The zero-order valence-corrected chi connectivity index (χ0v) is 10.7. The second-order valence-corrected chi connectivity index (χ2v) is 5.34. The van der Waals surface area contributed by atoms with Gasteiger partial charge in [-0.25, -0.2) is 4.98 Å². The summed E-state index contributed by atoms with van der Waals surface area (Å²) >= 11 is 5.79. The zero-order chi connectivity index (χ0) is 11.5. The molecule has 0 unspecified atom stereocenters. The Hall–Kier alpha value is -0.760. The maximum absolute atomic E-state index is 5.79. The number of anilines is 1. The van der Waals surface area contributed by atoms with Gasteiger partial charge in [0.1, 0.15) is 5.82 Å². The highest BCUT2D eigenvalue weighted by Crippen LogP contribution is 2.19. The molecule has 0 spiro atoms. The van der Waals surface area contributed by atoms with Crippen LogP contribution in [0.4, 0.5) is 5.82 Å². The van der Waals surface area contributed by atoms with E-state index in [0.717, 1.165) is 17.9 Å². The number of rotatable bonds is 3. The SMILES string of the molecule is CN(CC(C)(C)C)c1cc(CCl)ccn1. The molecular formula is C12H19ClN2. The van der Waals surface area contributed by atoms with Gasteiger partial charge >= 0.3 is 0 Å². The molecule has 0 saturated heterocycles. The minimum atomic E-state index is 0.271. The van der Waals surface area contributed by atoms with Crippen molar-refractivity contribution in [3.63, 3.8) is 0 Å². The average Bonchev–Trinajstić information content (AvgIpc) is 2.15. The lowest BCUT2D eigenvalue weighted by Crippen LogP contribution is -2.29. The molecule has 3 heteroatoms. The summed E-state index contributed by atoms with van der Waals surface area (Å²) in [4.78, 5) is 6.50. The predicted octanol–water partition coefficient (Wildman–Crippen LogP) is 3.30. The van der Waals surface area contributed by atoms with E-state index in [-0.39, 0.29) is 5.41 Å². The van der Waals surface area contributed by atoms with Crippen molar-refractivity contribution in [2.24, 2.45) is 5.41 Å². The summed E-state index contributed by atoms with van der Waals surface area (Å²) in [6, 6.07) is 3.99. The number of hydrogen-bond donors (Lipinski definition) is 0. The Bertz CT molecular complexity index is 318. The van der Waals surface area contributed by atoms with Crippen molar-refractivity contribution in [1.29, 1.82) is 0 Å². The van der Waals surface area contributed by atoms with Gasteiger partial charge in [0.2, 0.25) is 0 Å². The molecule has 1 rings (SSSR count). The first-order valence-electron chi connectivity index (χ1n) is 5.14. The minimum Gasteiger partial charge on any atom is -0.359 e. The second-order valence-electron chi connectivity index (χ2n) is 5.07. The first kappa shape index (κ1) is 12.3. The number of nitrogens with zero attached hydrogens (tertiary/aromatic N) is 2. The van der Waals surface area contributed by atoms with Gasteiger partial charge in [-0.3, -0.25) is 0 Å². The highest BCUT2D eigenvalue weighted by Gasteiger charge is 2.14. The molecule has 0 amide bonds. The molecule has 2 nitrogen and oxygen atoms in total. The molecule has 1 aromatic heterocycles. The van der Waals surface area contributed by atoms with Crippen LogP contribution in [-0.2, 0) is 5.88 Å². The highest BCUT2D eigenvalue weighted by atomic mass is 35.5. The van der Waals surface area contributed by atoms with Crippen LogP contribution in [0.3, 0.4) is 0 Å². The summed E-state index contributed by atoms with van der Waals surface area (Å²) in [6.45, 7) is 7.63. The van der Waals surface area contributed by atoms with E-state index in [1.807, 2.05) is 18.3 Å². The Morgan fingerprint density at radius 2 is 2.07 bits per heavy atom. The van der Waals surface area contributed by atoms with Gasteiger partial charge in [-0.2, -0.15) is 0 Å². The normalized spacial score (nSPS) is 11.5. The smallest absolute Gasteiger partial charge is 0.128 e. The van der Waals surface area contributed by atoms with E-state index in [1.165, 1.54) is 0 Å². The first-order valence-corrected chi connectivity index (χ1v) is 5.68. The highest BCUT2D eigenvalue weighted by molar-refractivity contribution is 6.17. The van der Waals surface area contributed by atoms with Crippen molar-refractivity contribution in [1.82, 2.24) is 4.98 Å². The van der Waals surface area contributed by atoms with Gasteiger partial charge in [-0.1, -0.05) is 20.8 Å². The van der Waals surface area contributed by atoms with Gasteiger partial charge in [0.05, 0.1) is 0 Å². The van der Waals surface area contributed by atoms with E-state index in [1.54, 1.807) is 0 Å². The number of aromatic nitrogens is 1. The molecule has 0 fully saturated rings. The van der Waals surface area contributed by atoms with Gasteiger partial charge in [0.25, 0.3) is 0 Å². The molecule has 0 aliphatic rings. The second kappa shape index (κ2) is 4.84. The lowest BCUT2D eigenvalue weighted by atomic mass is 9.96. The largest absolute Gasteiger partial charge is 0.359 e. The fourth-order valence-electron chi connectivity index (χ4n) is 1.54. The lowest BCUT2D eigenvalue weighted by Gasteiger charge is -2.27. The predicted molar refractivity (Wildman–Crippen MR) is 66.5 cm³/mol. The van der Waals surface area contributed by atoms with Crippen LogP contribution in [-0.4, -0.2) is 18.6 Å². The Morgan fingerprint density at radius 3 is 2.60 bits per heavy atom. The molecule has 84 valence electrons. The fourth-order valence-corrected chi connectivity index (χ4v) is 1.71. The van der Waals surface area contributed by atoms with E-state index in [9.17, 15) is 0 Å². The average molecular weight is 227 g/mol. The molecule has 0 N–H and O–H groups in total. The summed E-state index contributed by atoms with van der Waals surface area (Å²) in [6.07, 6.45) is 1.81. The van der Waals surface area contributed by atoms with Crippen LogP contribution in [0.15, 0.2) is 18.3 Å². The third-order valence-electron chi connectivity index (χ3n) is 2.07. The molecule has 1 heterocycles. The minimum absolute atomic E-state index is 0.271. The molecule has 0 radical (unpaired) electrons. The van der Waals surface area contributed by atoms with E-state index in [0.29, 0.717) is 5.88 Å². The van der Waals surface area contributed by atoms with Gasteiger partial charge in [0.15, 0.2) is 0 Å². The summed E-state index contributed by atoms with van der Waals surface area (Å²) in [5.41, 5.74) is 1.38. The van der Waals surface area contributed by atoms with Crippen LogP contribution in [0.1, 0.15) is 26.3 Å². The Morgan fingerprint density at radius 1 is 1.40 bits per heavy atom.